The Morgan fingerprint density at radius 1 is 1.67 bits per heavy atom. The van der Waals surface area contributed by atoms with Crippen molar-refractivity contribution in [2.75, 3.05) is 18.8 Å². The van der Waals surface area contributed by atoms with Crippen molar-refractivity contribution >= 4 is 23.1 Å². The summed E-state index contributed by atoms with van der Waals surface area (Å²) < 4.78 is 0. The Morgan fingerprint density at radius 3 is 3.56 bits per heavy atom. The predicted octanol–water partition coefficient (Wildman–Crippen LogP) is 0.391. The van der Waals surface area contributed by atoms with Gasteiger partial charge in [-0.25, -0.2) is 5.01 Å². The SMILES string of the molecule is C1=NN2CCN=C2SC1. The number of aliphatic imine (C=N–C) groups is 1. The molecule has 0 saturated heterocycles. The van der Waals surface area contributed by atoms with Gasteiger partial charge in [0.1, 0.15) is 0 Å². The van der Waals surface area contributed by atoms with Crippen molar-refractivity contribution in [3.8, 4) is 0 Å². The molecule has 2 aliphatic heterocycles. The van der Waals surface area contributed by atoms with Gasteiger partial charge in [0.25, 0.3) is 0 Å². The molecule has 0 unspecified atom stereocenters. The lowest BCUT2D eigenvalue weighted by Gasteiger charge is -2.15. The average molecular weight is 141 g/mol. The third-order valence-electron chi connectivity index (χ3n) is 1.29. The first kappa shape index (κ1) is 5.29. The van der Waals surface area contributed by atoms with E-state index in [2.05, 4.69) is 10.1 Å². The van der Waals surface area contributed by atoms with Gasteiger partial charge >= 0.3 is 0 Å². The van der Waals surface area contributed by atoms with Crippen LogP contribution < -0.4 is 0 Å². The Balaban J connectivity index is 2.23. The molecule has 0 spiro atoms. The van der Waals surface area contributed by atoms with Crippen LogP contribution >= 0.6 is 11.8 Å². The molecule has 0 fully saturated rings. The molecule has 0 amide bonds. The quantitative estimate of drug-likeness (QED) is 0.488. The zero-order valence-corrected chi connectivity index (χ0v) is 5.77. The Labute approximate surface area is 57.8 Å². The summed E-state index contributed by atoms with van der Waals surface area (Å²) in [7, 11) is 0. The van der Waals surface area contributed by atoms with Crippen molar-refractivity contribution in [2.24, 2.45) is 10.1 Å². The standard InChI is InChI=1S/C5H7N3S/c1-3-8-5(6-1)9-4-2-7-8/h2H,1,3-4H2. The molecule has 9 heavy (non-hydrogen) atoms. The largest absolute Gasteiger partial charge is 0.259 e. The summed E-state index contributed by atoms with van der Waals surface area (Å²) in [4.78, 5) is 4.25. The van der Waals surface area contributed by atoms with E-state index >= 15 is 0 Å². The highest BCUT2D eigenvalue weighted by Gasteiger charge is 2.17. The summed E-state index contributed by atoms with van der Waals surface area (Å²) >= 11 is 1.76. The van der Waals surface area contributed by atoms with Crippen molar-refractivity contribution in [3.05, 3.63) is 0 Å². The molecule has 0 aromatic heterocycles. The Hall–Kier alpha value is -0.510. The number of nitrogens with zero attached hydrogens (tertiary/aromatic N) is 3. The average Bonchev–Trinajstić information content (AvgIpc) is 2.33. The van der Waals surface area contributed by atoms with Gasteiger partial charge in [-0.1, -0.05) is 11.8 Å². The van der Waals surface area contributed by atoms with Crippen LogP contribution in [0.1, 0.15) is 0 Å². The monoisotopic (exact) mass is 141 g/mol. The van der Waals surface area contributed by atoms with Crippen molar-refractivity contribution in [3.63, 3.8) is 0 Å². The molecule has 0 saturated carbocycles. The summed E-state index contributed by atoms with van der Waals surface area (Å²) in [6.07, 6.45) is 1.93. The molecule has 2 heterocycles. The number of hydrazone groups is 1. The Kier molecular flexibility index (Phi) is 1.19. The molecular formula is C5H7N3S. The van der Waals surface area contributed by atoms with Crippen molar-refractivity contribution < 1.29 is 0 Å². The van der Waals surface area contributed by atoms with Crippen LogP contribution in [0, 0.1) is 0 Å². The minimum absolute atomic E-state index is 0.916. The van der Waals surface area contributed by atoms with Crippen LogP contribution in [0.5, 0.6) is 0 Å². The maximum absolute atomic E-state index is 4.25. The van der Waals surface area contributed by atoms with Gasteiger partial charge in [0.05, 0.1) is 13.1 Å². The van der Waals surface area contributed by atoms with E-state index < -0.39 is 0 Å². The second kappa shape index (κ2) is 2.02. The minimum Gasteiger partial charge on any atom is -0.259 e. The van der Waals surface area contributed by atoms with Crippen molar-refractivity contribution in [1.29, 1.82) is 0 Å². The molecule has 3 nitrogen and oxygen atoms in total. The van der Waals surface area contributed by atoms with Gasteiger partial charge in [-0.15, -0.1) is 0 Å². The lowest BCUT2D eigenvalue weighted by molar-refractivity contribution is 0.497. The van der Waals surface area contributed by atoms with Crippen LogP contribution in [0.4, 0.5) is 0 Å². The maximum Gasteiger partial charge on any atom is 0.180 e. The number of hydrogen-bond donors (Lipinski definition) is 0. The van der Waals surface area contributed by atoms with Gasteiger partial charge in [0.2, 0.25) is 0 Å². The van der Waals surface area contributed by atoms with Gasteiger partial charge in [0, 0.05) is 12.0 Å². The second-order valence-corrected chi connectivity index (χ2v) is 2.88. The molecule has 0 N–H and O–H groups in total. The molecule has 2 aliphatic rings. The topological polar surface area (TPSA) is 28.0 Å². The molecule has 0 radical (unpaired) electrons. The zero-order valence-electron chi connectivity index (χ0n) is 4.95. The Morgan fingerprint density at radius 2 is 2.67 bits per heavy atom. The fraction of sp³-hybridized carbons (Fsp3) is 0.600. The van der Waals surface area contributed by atoms with E-state index in [1.165, 1.54) is 0 Å². The normalized spacial score (nSPS) is 24.0. The molecule has 48 valence electrons. The van der Waals surface area contributed by atoms with E-state index in [0.29, 0.717) is 0 Å². The van der Waals surface area contributed by atoms with Gasteiger partial charge < -0.3 is 0 Å². The number of amidine groups is 1. The first-order valence-corrected chi connectivity index (χ1v) is 3.92. The molecule has 4 heteroatoms. The number of fused-ring (bicyclic) bond motifs is 1. The van der Waals surface area contributed by atoms with E-state index in [-0.39, 0.29) is 0 Å². The highest BCUT2D eigenvalue weighted by molar-refractivity contribution is 8.14. The second-order valence-electron chi connectivity index (χ2n) is 1.90. The fourth-order valence-electron chi connectivity index (χ4n) is 0.889. The van der Waals surface area contributed by atoms with E-state index in [1.54, 1.807) is 11.8 Å². The predicted molar refractivity (Wildman–Crippen MR) is 40.0 cm³/mol. The summed E-state index contributed by atoms with van der Waals surface area (Å²) in [5.74, 6) is 0.981. The first-order chi connectivity index (χ1) is 4.47. The van der Waals surface area contributed by atoms with E-state index in [1.807, 2.05) is 11.2 Å². The number of rotatable bonds is 0. The van der Waals surface area contributed by atoms with Gasteiger partial charge in [-0.2, -0.15) is 5.10 Å². The maximum atomic E-state index is 4.25. The van der Waals surface area contributed by atoms with E-state index in [0.717, 1.165) is 24.0 Å². The van der Waals surface area contributed by atoms with Crippen LogP contribution in [0.25, 0.3) is 0 Å². The van der Waals surface area contributed by atoms with E-state index in [9.17, 15) is 0 Å². The van der Waals surface area contributed by atoms with Crippen molar-refractivity contribution in [1.82, 2.24) is 5.01 Å². The molecular weight excluding hydrogens is 134 g/mol. The number of hydrogen-bond acceptors (Lipinski definition) is 4. The van der Waals surface area contributed by atoms with Crippen molar-refractivity contribution in [2.45, 2.75) is 0 Å². The minimum atomic E-state index is 0.916. The zero-order chi connectivity index (χ0) is 6.10. The third-order valence-corrected chi connectivity index (χ3v) is 2.20. The summed E-state index contributed by atoms with van der Waals surface area (Å²) in [5.41, 5.74) is 0. The molecule has 0 aromatic rings. The Bertz CT molecular complexity index is 175. The van der Waals surface area contributed by atoms with Crippen LogP contribution in [0.2, 0.25) is 0 Å². The van der Waals surface area contributed by atoms with Crippen LogP contribution in [0.3, 0.4) is 0 Å². The lowest BCUT2D eigenvalue weighted by Crippen LogP contribution is -2.23. The van der Waals surface area contributed by atoms with Gasteiger partial charge in [-0.05, 0) is 0 Å². The fourth-order valence-corrected chi connectivity index (χ4v) is 1.65. The van der Waals surface area contributed by atoms with Gasteiger partial charge in [-0.3, -0.25) is 4.99 Å². The summed E-state index contributed by atoms with van der Waals surface area (Å²) in [6, 6.07) is 0. The molecule has 2 rings (SSSR count). The summed E-state index contributed by atoms with van der Waals surface area (Å²) in [6.45, 7) is 1.89. The molecule has 0 aromatic carbocycles. The highest BCUT2D eigenvalue weighted by atomic mass is 32.2. The van der Waals surface area contributed by atoms with Gasteiger partial charge in [0.15, 0.2) is 5.17 Å². The first-order valence-electron chi connectivity index (χ1n) is 2.94. The molecule has 0 atom stereocenters. The highest BCUT2D eigenvalue weighted by Crippen LogP contribution is 2.16. The third kappa shape index (κ3) is 0.830. The molecule has 0 aliphatic carbocycles. The molecule has 0 bridgehead atoms. The summed E-state index contributed by atoms with van der Waals surface area (Å²) in [5, 5.41) is 7.20. The lowest BCUT2D eigenvalue weighted by atomic mass is 10.7. The van der Waals surface area contributed by atoms with Crippen LogP contribution in [0.15, 0.2) is 10.1 Å². The number of thioether (sulfide) groups is 1. The van der Waals surface area contributed by atoms with Crippen LogP contribution in [-0.2, 0) is 0 Å². The smallest absolute Gasteiger partial charge is 0.180 e. The van der Waals surface area contributed by atoms with Crippen LogP contribution in [-0.4, -0.2) is 35.2 Å². The van der Waals surface area contributed by atoms with E-state index in [4.69, 9.17) is 0 Å².